The van der Waals surface area contributed by atoms with Gasteiger partial charge in [0.15, 0.2) is 5.69 Å². The third-order valence-corrected chi connectivity index (χ3v) is 4.84. The lowest BCUT2D eigenvalue weighted by atomic mass is 10.1. The largest absolute Gasteiger partial charge is 0.489 e. The predicted molar refractivity (Wildman–Crippen MR) is 106 cm³/mol. The highest BCUT2D eigenvalue weighted by molar-refractivity contribution is 6.31. The van der Waals surface area contributed by atoms with Crippen molar-refractivity contribution in [3.8, 4) is 5.75 Å². The van der Waals surface area contributed by atoms with Crippen molar-refractivity contribution in [2.75, 3.05) is 5.32 Å². The topological polar surface area (TPSA) is 64.4 Å². The van der Waals surface area contributed by atoms with Crippen LogP contribution in [0.4, 0.5) is 5.69 Å². The molecule has 3 rings (SSSR count). The second-order valence-corrected chi connectivity index (χ2v) is 6.63. The van der Waals surface area contributed by atoms with Crippen molar-refractivity contribution >= 4 is 23.2 Å². The number of amides is 1. The van der Waals surface area contributed by atoms with Crippen molar-refractivity contribution in [2.45, 2.75) is 33.8 Å². The fraction of sp³-hybridized carbons (Fsp3) is 0.238. The summed E-state index contributed by atoms with van der Waals surface area (Å²) in [6.45, 7) is 5.89. The van der Waals surface area contributed by atoms with Gasteiger partial charge in [-0.05, 0) is 55.7 Å². The smallest absolute Gasteiger partial charge is 0.278 e. The standard InChI is InChI=1S/C21H21ClN2O3/c1-4-15-8-10-16(11-9-15)26-12-17-14(3)27-24-20(17)21(25)23-19-7-5-6-18(22)13(19)2/h5-11H,4,12H2,1-3H3,(H,23,25). The molecule has 1 N–H and O–H groups in total. The molecule has 1 heterocycles. The monoisotopic (exact) mass is 384 g/mol. The first-order valence-electron chi connectivity index (χ1n) is 8.73. The van der Waals surface area contributed by atoms with E-state index in [-0.39, 0.29) is 18.2 Å². The molecule has 27 heavy (non-hydrogen) atoms. The maximum Gasteiger partial charge on any atom is 0.278 e. The molecule has 3 aromatic rings. The van der Waals surface area contributed by atoms with Crippen LogP contribution in [0.15, 0.2) is 47.0 Å². The SMILES string of the molecule is CCc1ccc(OCc2c(C(=O)Nc3cccc(Cl)c3C)noc2C)cc1. The maximum atomic E-state index is 12.7. The van der Waals surface area contributed by atoms with Gasteiger partial charge in [0.25, 0.3) is 5.91 Å². The fourth-order valence-corrected chi connectivity index (χ4v) is 2.82. The Labute approximate surface area is 163 Å². The average molecular weight is 385 g/mol. The van der Waals surface area contributed by atoms with E-state index in [0.717, 1.165) is 17.7 Å². The van der Waals surface area contributed by atoms with Crippen LogP contribution in [0.5, 0.6) is 5.75 Å². The Kier molecular flexibility index (Phi) is 5.81. The Balaban J connectivity index is 1.75. The number of nitrogens with one attached hydrogen (secondary N) is 1. The van der Waals surface area contributed by atoms with Gasteiger partial charge in [-0.3, -0.25) is 4.79 Å². The van der Waals surface area contributed by atoms with Crippen LogP contribution in [0.3, 0.4) is 0 Å². The number of carbonyl (C=O) groups excluding carboxylic acids is 1. The lowest BCUT2D eigenvalue weighted by Gasteiger charge is -2.10. The fourth-order valence-electron chi connectivity index (χ4n) is 2.64. The van der Waals surface area contributed by atoms with Gasteiger partial charge in [0.2, 0.25) is 0 Å². The van der Waals surface area contributed by atoms with E-state index in [2.05, 4.69) is 17.4 Å². The first kappa shape index (κ1) is 19.0. The van der Waals surface area contributed by atoms with Crippen molar-refractivity contribution < 1.29 is 14.1 Å². The van der Waals surface area contributed by atoms with Crippen molar-refractivity contribution in [1.29, 1.82) is 0 Å². The molecular formula is C21H21ClN2O3. The molecule has 0 saturated carbocycles. The highest BCUT2D eigenvalue weighted by atomic mass is 35.5. The molecule has 0 radical (unpaired) electrons. The Hall–Kier alpha value is -2.79. The third kappa shape index (κ3) is 4.31. The van der Waals surface area contributed by atoms with Crippen molar-refractivity contribution in [1.82, 2.24) is 5.16 Å². The van der Waals surface area contributed by atoms with Gasteiger partial charge in [0.1, 0.15) is 18.1 Å². The minimum atomic E-state index is -0.364. The molecule has 0 saturated heterocycles. The number of aromatic nitrogens is 1. The molecule has 5 nitrogen and oxygen atoms in total. The molecule has 0 unspecified atom stereocenters. The van der Waals surface area contributed by atoms with Crippen LogP contribution in [0.25, 0.3) is 0 Å². The Bertz CT molecular complexity index is 949. The average Bonchev–Trinajstić information content (AvgIpc) is 3.05. The number of hydrogen-bond acceptors (Lipinski definition) is 4. The number of carbonyl (C=O) groups is 1. The molecule has 1 amide bonds. The summed E-state index contributed by atoms with van der Waals surface area (Å²) in [4.78, 5) is 12.7. The number of ether oxygens (including phenoxy) is 1. The van der Waals surface area contributed by atoms with Gasteiger partial charge >= 0.3 is 0 Å². The zero-order valence-corrected chi connectivity index (χ0v) is 16.3. The van der Waals surface area contributed by atoms with Gasteiger partial charge in [-0.2, -0.15) is 0 Å². The number of rotatable bonds is 6. The number of anilines is 1. The molecule has 2 aromatic carbocycles. The summed E-state index contributed by atoms with van der Waals surface area (Å²) in [7, 11) is 0. The van der Waals surface area contributed by atoms with Gasteiger partial charge in [-0.1, -0.05) is 41.9 Å². The zero-order valence-electron chi connectivity index (χ0n) is 15.5. The molecule has 0 fully saturated rings. The van der Waals surface area contributed by atoms with E-state index in [9.17, 15) is 4.79 Å². The highest BCUT2D eigenvalue weighted by Crippen LogP contribution is 2.24. The molecule has 0 spiro atoms. The van der Waals surface area contributed by atoms with Crippen LogP contribution in [-0.2, 0) is 13.0 Å². The third-order valence-electron chi connectivity index (χ3n) is 4.43. The van der Waals surface area contributed by atoms with Crippen LogP contribution < -0.4 is 10.1 Å². The maximum absolute atomic E-state index is 12.7. The summed E-state index contributed by atoms with van der Waals surface area (Å²) in [6.07, 6.45) is 0.971. The van der Waals surface area contributed by atoms with E-state index in [1.807, 2.05) is 31.2 Å². The van der Waals surface area contributed by atoms with E-state index in [0.29, 0.717) is 22.0 Å². The van der Waals surface area contributed by atoms with E-state index in [1.54, 1.807) is 25.1 Å². The van der Waals surface area contributed by atoms with Crippen molar-refractivity contribution in [2.24, 2.45) is 0 Å². The lowest BCUT2D eigenvalue weighted by molar-refractivity contribution is 0.101. The van der Waals surface area contributed by atoms with Gasteiger partial charge < -0.3 is 14.6 Å². The molecular weight excluding hydrogens is 364 g/mol. The Morgan fingerprint density at radius 2 is 1.93 bits per heavy atom. The first-order chi connectivity index (χ1) is 13.0. The summed E-state index contributed by atoms with van der Waals surface area (Å²) in [6, 6.07) is 13.2. The second kappa shape index (κ2) is 8.27. The molecule has 0 aliphatic rings. The minimum absolute atomic E-state index is 0.193. The van der Waals surface area contributed by atoms with Crippen LogP contribution >= 0.6 is 11.6 Å². The molecule has 0 atom stereocenters. The number of nitrogens with zero attached hydrogens (tertiary/aromatic N) is 1. The number of aryl methyl sites for hydroxylation is 2. The zero-order chi connectivity index (χ0) is 19.4. The van der Waals surface area contributed by atoms with Crippen LogP contribution in [0.1, 0.15) is 39.9 Å². The molecule has 140 valence electrons. The van der Waals surface area contributed by atoms with Crippen LogP contribution in [-0.4, -0.2) is 11.1 Å². The minimum Gasteiger partial charge on any atom is -0.489 e. The molecule has 0 aliphatic heterocycles. The van der Waals surface area contributed by atoms with Crippen LogP contribution in [0, 0.1) is 13.8 Å². The van der Waals surface area contributed by atoms with E-state index in [4.69, 9.17) is 20.9 Å². The lowest BCUT2D eigenvalue weighted by Crippen LogP contribution is -2.16. The molecule has 0 bridgehead atoms. The Morgan fingerprint density at radius 1 is 1.19 bits per heavy atom. The molecule has 6 heteroatoms. The molecule has 1 aromatic heterocycles. The summed E-state index contributed by atoms with van der Waals surface area (Å²) in [5, 5.41) is 7.32. The van der Waals surface area contributed by atoms with Crippen LogP contribution in [0.2, 0.25) is 5.02 Å². The van der Waals surface area contributed by atoms with E-state index in [1.165, 1.54) is 5.56 Å². The summed E-state index contributed by atoms with van der Waals surface area (Å²) < 4.78 is 11.0. The normalized spacial score (nSPS) is 10.7. The highest BCUT2D eigenvalue weighted by Gasteiger charge is 2.21. The number of halogens is 1. The summed E-state index contributed by atoms with van der Waals surface area (Å²) in [5.74, 6) is 0.912. The Morgan fingerprint density at radius 3 is 2.63 bits per heavy atom. The quantitative estimate of drug-likeness (QED) is 0.623. The van der Waals surface area contributed by atoms with Gasteiger partial charge in [0.05, 0.1) is 5.56 Å². The van der Waals surface area contributed by atoms with Gasteiger partial charge in [0, 0.05) is 10.7 Å². The van der Waals surface area contributed by atoms with E-state index >= 15 is 0 Å². The van der Waals surface area contributed by atoms with Gasteiger partial charge in [-0.15, -0.1) is 0 Å². The predicted octanol–water partition coefficient (Wildman–Crippen LogP) is 5.34. The number of hydrogen-bond donors (Lipinski definition) is 1. The van der Waals surface area contributed by atoms with Gasteiger partial charge in [-0.25, -0.2) is 0 Å². The van der Waals surface area contributed by atoms with Crippen molar-refractivity contribution in [3.63, 3.8) is 0 Å². The van der Waals surface area contributed by atoms with E-state index < -0.39 is 0 Å². The second-order valence-electron chi connectivity index (χ2n) is 6.22. The van der Waals surface area contributed by atoms with Crippen molar-refractivity contribution in [3.05, 3.63) is 75.6 Å². The number of benzene rings is 2. The first-order valence-corrected chi connectivity index (χ1v) is 9.10. The molecule has 0 aliphatic carbocycles. The summed E-state index contributed by atoms with van der Waals surface area (Å²) >= 11 is 6.11. The summed E-state index contributed by atoms with van der Waals surface area (Å²) in [5.41, 5.74) is 3.49.